The van der Waals surface area contributed by atoms with Crippen molar-refractivity contribution in [2.24, 2.45) is 11.3 Å². The minimum Gasteiger partial charge on any atom is -0.466 e. The molecule has 3 nitrogen and oxygen atoms in total. The number of halogens is 1. The zero-order valence-electron chi connectivity index (χ0n) is 13.3. The zero-order chi connectivity index (χ0) is 15.7. The lowest BCUT2D eigenvalue weighted by Crippen LogP contribution is -2.33. The number of likely N-dealkylation sites (tertiary alicyclic amines) is 1. The van der Waals surface area contributed by atoms with Crippen molar-refractivity contribution in [3.05, 3.63) is 35.9 Å². The molecule has 1 aromatic rings. The zero-order valence-corrected chi connectivity index (χ0v) is 13.3. The summed E-state index contributed by atoms with van der Waals surface area (Å²) in [5.74, 6) is -0.422. The van der Waals surface area contributed by atoms with Crippen LogP contribution in [0.2, 0.25) is 0 Å². The third kappa shape index (κ3) is 2.65. The summed E-state index contributed by atoms with van der Waals surface area (Å²) in [7, 11) is 0. The molecule has 1 aliphatic carbocycles. The van der Waals surface area contributed by atoms with Crippen LogP contribution in [0, 0.1) is 11.3 Å². The SMILES string of the molecule is CCOC(=O)C1(C2CN(C(C)c3ccccc3)CC2F)CC1. The first-order valence-corrected chi connectivity index (χ1v) is 8.19. The van der Waals surface area contributed by atoms with Crippen molar-refractivity contribution in [2.45, 2.75) is 38.9 Å². The van der Waals surface area contributed by atoms with E-state index in [4.69, 9.17) is 4.74 Å². The molecular formula is C18H24FNO2. The van der Waals surface area contributed by atoms with E-state index in [1.807, 2.05) is 18.2 Å². The van der Waals surface area contributed by atoms with E-state index in [-0.39, 0.29) is 17.9 Å². The number of hydrogen-bond donors (Lipinski definition) is 0. The van der Waals surface area contributed by atoms with Crippen LogP contribution in [0.5, 0.6) is 0 Å². The monoisotopic (exact) mass is 305 g/mol. The predicted octanol–water partition coefficient (Wildman–Crippen LogP) is 3.36. The Morgan fingerprint density at radius 2 is 2.05 bits per heavy atom. The second-order valence-corrected chi connectivity index (χ2v) is 6.54. The molecule has 0 spiro atoms. The molecule has 1 saturated heterocycles. The molecule has 22 heavy (non-hydrogen) atoms. The molecule has 3 unspecified atom stereocenters. The molecular weight excluding hydrogens is 281 g/mol. The lowest BCUT2D eigenvalue weighted by atomic mass is 9.87. The number of hydrogen-bond acceptors (Lipinski definition) is 3. The van der Waals surface area contributed by atoms with Crippen molar-refractivity contribution >= 4 is 5.97 Å². The van der Waals surface area contributed by atoms with E-state index in [2.05, 4.69) is 24.0 Å². The fraction of sp³-hybridized carbons (Fsp3) is 0.611. The maximum atomic E-state index is 14.6. The maximum Gasteiger partial charge on any atom is 0.312 e. The second kappa shape index (κ2) is 5.99. The highest BCUT2D eigenvalue weighted by Crippen LogP contribution is 2.56. The van der Waals surface area contributed by atoms with Crippen LogP contribution in [0.3, 0.4) is 0 Å². The smallest absolute Gasteiger partial charge is 0.312 e. The van der Waals surface area contributed by atoms with E-state index in [9.17, 15) is 9.18 Å². The van der Waals surface area contributed by atoms with E-state index in [0.717, 1.165) is 12.8 Å². The Bertz CT molecular complexity index is 529. The van der Waals surface area contributed by atoms with Crippen molar-refractivity contribution in [1.29, 1.82) is 0 Å². The predicted molar refractivity (Wildman–Crippen MR) is 83.1 cm³/mol. The molecule has 2 aliphatic rings. The number of alkyl halides is 1. The Hall–Kier alpha value is -1.42. The van der Waals surface area contributed by atoms with Gasteiger partial charge < -0.3 is 4.74 Å². The van der Waals surface area contributed by atoms with Gasteiger partial charge in [0.1, 0.15) is 6.17 Å². The molecule has 0 N–H and O–H groups in total. The average molecular weight is 305 g/mol. The first-order valence-electron chi connectivity index (χ1n) is 8.19. The average Bonchev–Trinajstić information content (AvgIpc) is 3.25. The van der Waals surface area contributed by atoms with Gasteiger partial charge in [-0.25, -0.2) is 4.39 Å². The van der Waals surface area contributed by atoms with Crippen molar-refractivity contribution in [2.75, 3.05) is 19.7 Å². The van der Waals surface area contributed by atoms with Gasteiger partial charge in [0.25, 0.3) is 0 Å². The topological polar surface area (TPSA) is 29.5 Å². The molecule has 3 rings (SSSR count). The summed E-state index contributed by atoms with van der Waals surface area (Å²) in [5.41, 5.74) is 0.636. The molecule has 1 heterocycles. The summed E-state index contributed by atoms with van der Waals surface area (Å²) in [5, 5.41) is 0. The van der Waals surface area contributed by atoms with Gasteiger partial charge in [-0.3, -0.25) is 9.69 Å². The molecule has 1 saturated carbocycles. The molecule has 1 aromatic carbocycles. The van der Waals surface area contributed by atoms with E-state index in [1.165, 1.54) is 5.56 Å². The van der Waals surface area contributed by atoms with Gasteiger partial charge in [0.05, 0.1) is 12.0 Å². The Morgan fingerprint density at radius 3 is 2.64 bits per heavy atom. The molecule has 1 aliphatic heterocycles. The molecule has 120 valence electrons. The molecule has 3 atom stereocenters. The van der Waals surface area contributed by atoms with Crippen LogP contribution in [0.15, 0.2) is 30.3 Å². The fourth-order valence-electron chi connectivity index (χ4n) is 3.71. The quantitative estimate of drug-likeness (QED) is 0.781. The van der Waals surface area contributed by atoms with Crippen LogP contribution in [0.4, 0.5) is 4.39 Å². The van der Waals surface area contributed by atoms with E-state index >= 15 is 0 Å². The number of nitrogens with zero attached hydrogens (tertiary/aromatic N) is 1. The van der Waals surface area contributed by atoms with Crippen LogP contribution in [-0.4, -0.2) is 36.7 Å². The van der Waals surface area contributed by atoms with Gasteiger partial charge in [-0.1, -0.05) is 30.3 Å². The summed E-state index contributed by atoms with van der Waals surface area (Å²) in [6.45, 7) is 5.32. The fourth-order valence-corrected chi connectivity index (χ4v) is 3.71. The molecule has 0 aromatic heterocycles. The lowest BCUT2D eigenvalue weighted by Gasteiger charge is -2.26. The Kier molecular flexibility index (Phi) is 4.22. The number of ether oxygens (including phenoxy) is 1. The van der Waals surface area contributed by atoms with Gasteiger partial charge in [0, 0.05) is 25.0 Å². The van der Waals surface area contributed by atoms with Crippen LogP contribution in [-0.2, 0) is 9.53 Å². The van der Waals surface area contributed by atoms with Crippen LogP contribution >= 0.6 is 0 Å². The lowest BCUT2D eigenvalue weighted by molar-refractivity contribution is -0.152. The van der Waals surface area contributed by atoms with E-state index in [1.54, 1.807) is 6.92 Å². The second-order valence-electron chi connectivity index (χ2n) is 6.54. The van der Waals surface area contributed by atoms with Gasteiger partial charge in [-0.15, -0.1) is 0 Å². The van der Waals surface area contributed by atoms with Gasteiger partial charge in [-0.2, -0.15) is 0 Å². The van der Waals surface area contributed by atoms with E-state index < -0.39 is 11.6 Å². The molecule has 4 heteroatoms. The van der Waals surface area contributed by atoms with Crippen LogP contribution in [0.25, 0.3) is 0 Å². The Morgan fingerprint density at radius 1 is 1.36 bits per heavy atom. The Labute approximate surface area is 131 Å². The van der Waals surface area contributed by atoms with E-state index in [0.29, 0.717) is 19.7 Å². The van der Waals surface area contributed by atoms with Gasteiger partial charge >= 0.3 is 5.97 Å². The van der Waals surface area contributed by atoms with Crippen molar-refractivity contribution in [3.63, 3.8) is 0 Å². The summed E-state index contributed by atoms with van der Waals surface area (Å²) < 4.78 is 19.8. The van der Waals surface area contributed by atoms with Crippen LogP contribution in [0.1, 0.15) is 38.3 Å². The van der Waals surface area contributed by atoms with Crippen LogP contribution < -0.4 is 0 Å². The third-order valence-electron chi connectivity index (χ3n) is 5.29. The largest absolute Gasteiger partial charge is 0.466 e. The molecule has 0 amide bonds. The molecule has 0 radical (unpaired) electrons. The number of rotatable bonds is 5. The highest BCUT2D eigenvalue weighted by Gasteiger charge is 2.61. The molecule has 2 fully saturated rings. The summed E-state index contributed by atoms with van der Waals surface area (Å²) in [6.07, 6.45) is 0.590. The van der Waals surface area contributed by atoms with Crippen molar-refractivity contribution in [1.82, 2.24) is 4.90 Å². The van der Waals surface area contributed by atoms with Gasteiger partial charge in [0.15, 0.2) is 0 Å². The number of benzene rings is 1. The third-order valence-corrected chi connectivity index (χ3v) is 5.29. The standard InChI is InChI=1S/C18H24FNO2/c1-3-22-17(21)18(9-10-18)15-11-20(12-16(15)19)13(2)14-7-5-4-6-8-14/h4-8,13,15-16H,3,9-12H2,1-2H3. The van der Waals surface area contributed by atoms with Crippen molar-refractivity contribution in [3.8, 4) is 0 Å². The molecule has 0 bridgehead atoms. The maximum absolute atomic E-state index is 14.6. The first-order chi connectivity index (χ1) is 10.6. The summed E-state index contributed by atoms with van der Waals surface area (Å²) in [6, 6.07) is 10.3. The number of carbonyl (C=O) groups is 1. The summed E-state index contributed by atoms with van der Waals surface area (Å²) in [4.78, 5) is 14.4. The minimum absolute atomic E-state index is 0.169. The highest BCUT2D eigenvalue weighted by molar-refractivity contribution is 5.80. The number of carbonyl (C=O) groups excluding carboxylic acids is 1. The minimum atomic E-state index is -0.946. The van der Waals surface area contributed by atoms with Gasteiger partial charge in [-0.05, 0) is 32.3 Å². The van der Waals surface area contributed by atoms with Crippen molar-refractivity contribution < 1.29 is 13.9 Å². The summed E-state index contributed by atoms with van der Waals surface area (Å²) >= 11 is 0. The normalized spacial score (nSPS) is 28.3. The highest BCUT2D eigenvalue weighted by atomic mass is 19.1. The number of esters is 1. The first kappa shape index (κ1) is 15.5. The Balaban J connectivity index is 1.71. The van der Waals surface area contributed by atoms with Gasteiger partial charge in [0.2, 0.25) is 0 Å².